The van der Waals surface area contributed by atoms with E-state index in [1.54, 1.807) is 61.2 Å². The Kier molecular flexibility index (Phi) is 37.6. The first-order chi connectivity index (χ1) is 68.7. The van der Waals surface area contributed by atoms with E-state index in [2.05, 4.69) is 294 Å². The highest BCUT2D eigenvalue weighted by atomic mass is 16.5. The molecule has 15 rings (SSSR count). The molecule has 4 heteroatoms. The van der Waals surface area contributed by atoms with E-state index >= 15 is 0 Å². The summed E-state index contributed by atoms with van der Waals surface area (Å²) in [7, 11) is 0. The maximum absolute atomic E-state index is 6.50. The quantitative estimate of drug-likeness (QED) is 0.0356. The largest absolute Gasteiger partial charge is 0.381 e. The second-order valence-corrected chi connectivity index (χ2v) is 47.3. The van der Waals surface area contributed by atoms with E-state index in [1.165, 1.54) is 309 Å². The van der Waals surface area contributed by atoms with Gasteiger partial charge in [-0.15, -0.1) is 0 Å². The van der Waals surface area contributed by atoms with Crippen LogP contribution in [-0.2, 0) is 62.3 Å². The second kappa shape index (κ2) is 49.1. The first-order valence-electron chi connectivity index (χ1n) is 59.3. The minimum absolute atomic E-state index is 0.0113. The Hall–Kier alpha value is -7.18. The van der Waals surface area contributed by atoms with Crippen molar-refractivity contribution in [2.24, 2.45) is 10.8 Å². The van der Waals surface area contributed by atoms with E-state index in [9.17, 15) is 0 Å². The molecule has 0 N–H and O–H groups in total. The number of ether oxygens (including phenoxy) is 4. The summed E-state index contributed by atoms with van der Waals surface area (Å²) >= 11 is 0. The van der Waals surface area contributed by atoms with Crippen molar-refractivity contribution in [2.45, 2.75) is 469 Å². The van der Waals surface area contributed by atoms with Crippen LogP contribution in [0, 0.1) is 10.8 Å². The summed E-state index contributed by atoms with van der Waals surface area (Å²) in [5, 5.41) is 0. The number of rotatable bonds is 64. The lowest BCUT2D eigenvalue weighted by atomic mass is 9.51. The van der Waals surface area contributed by atoms with Crippen molar-refractivity contribution in [3.8, 4) is 66.8 Å². The monoisotopic (exact) mass is 1900 g/mol. The molecule has 764 valence electrons. The van der Waals surface area contributed by atoms with Crippen LogP contribution < -0.4 is 0 Å². The Morgan fingerprint density at radius 1 is 0.234 bits per heavy atom. The van der Waals surface area contributed by atoms with Gasteiger partial charge in [0.2, 0.25) is 0 Å². The Labute approximate surface area is 861 Å². The molecular weight excluding hydrogens is 1710 g/mol. The molecule has 2 aliphatic heterocycles. The summed E-state index contributed by atoms with van der Waals surface area (Å²) < 4.78 is 24.4. The lowest BCUT2D eigenvalue weighted by Crippen LogP contribution is -2.48. The second-order valence-electron chi connectivity index (χ2n) is 47.3. The zero-order valence-electron chi connectivity index (χ0n) is 92.5. The van der Waals surface area contributed by atoms with E-state index in [0.717, 1.165) is 130 Å². The van der Waals surface area contributed by atoms with Crippen LogP contribution in [0.25, 0.3) is 66.8 Å². The van der Waals surface area contributed by atoms with E-state index in [4.69, 9.17) is 18.9 Å². The lowest BCUT2D eigenvalue weighted by molar-refractivity contribution is -0.137. The van der Waals surface area contributed by atoms with Crippen LogP contribution in [0.2, 0.25) is 0 Å². The highest BCUT2D eigenvalue weighted by Gasteiger charge is 2.54. The smallest absolute Gasteiger partial charge is 0.0564 e. The van der Waals surface area contributed by atoms with Gasteiger partial charge in [-0.1, -0.05) is 462 Å². The molecule has 6 aliphatic rings. The number of fused-ring (bicyclic) bond motifs is 12. The SMILES string of the molecule is CCCCCCC1(CCCCCC)c2cc(-c3ccc4c(c3)C(CCCCCC)(CCCCCC)c3cc(C(CC)(CC)C(CC)(CC)c5ccc6c(c5)C(CCCCCCOCC5(C)COC5)(CCCCCCOCC5(C)COC5)c5cc(-c7ccc8c(c7)C(CCCCCC)(CCCCCC)c7cc(C(CC)(CC)c9ccccc9)ccc7-8)ccc5-6)ccc3-4)ccc2-c2ccc(C(C)(CC)CC)cc21. The normalized spacial score (nSPS) is 16.3. The lowest BCUT2D eigenvalue weighted by Gasteiger charge is -2.52. The molecule has 0 aromatic heterocycles. The van der Waals surface area contributed by atoms with Gasteiger partial charge in [0.05, 0.1) is 39.6 Å². The molecule has 0 radical (unpaired) electrons. The summed E-state index contributed by atoms with van der Waals surface area (Å²) in [5.74, 6) is 0. The third-order valence-electron chi connectivity index (χ3n) is 38.6. The number of unbranched alkanes of at least 4 members (excludes halogenated alkanes) is 24. The highest BCUT2D eigenvalue weighted by molar-refractivity contribution is 5.90. The van der Waals surface area contributed by atoms with Gasteiger partial charge in [0, 0.05) is 61.9 Å². The Morgan fingerprint density at radius 3 is 0.730 bits per heavy atom. The summed E-state index contributed by atoms with van der Waals surface area (Å²) in [5.41, 5.74) is 37.7. The predicted molar refractivity (Wildman–Crippen MR) is 607 cm³/mol. The molecule has 0 atom stereocenters. The van der Waals surface area contributed by atoms with Crippen LogP contribution in [0.15, 0.2) is 176 Å². The Morgan fingerprint density at radius 2 is 0.475 bits per heavy atom. The minimum Gasteiger partial charge on any atom is -0.381 e. The maximum Gasteiger partial charge on any atom is 0.0564 e. The van der Waals surface area contributed by atoms with Crippen molar-refractivity contribution < 1.29 is 18.9 Å². The molecule has 0 unspecified atom stereocenters. The minimum atomic E-state index is -0.204. The molecular formula is C137H192O4. The first-order valence-corrected chi connectivity index (χ1v) is 59.3. The third-order valence-corrected chi connectivity index (χ3v) is 38.6. The summed E-state index contributed by atoms with van der Waals surface area (Å²) in [4.78, 5) is 0. The van der Waals surface area contributed by atoms with Crippen molar-refractivity contribution in [1.29, 1.82) is 0 Å². The Balaban J connectivity index is 0.856. The number of benzene rings is 9. The number of hydrogen-bond acceptors (Lipinski definition) is 4. The van der Waals surface area contributed by atoms with Crippen LogP contribution in [0.4, 0.5) is 0 Å². The van der Waals surface area contributed by atoms with E-state index < -0.39 is 0 Å². The topological polar surface area (TPSA) is 36.9 Å². The fourth-order valence-electron chi connectivity index (χ4n) is 29.3. The van der Waals surface area contributed by atoms with Crippen LogP contribution in [0.5, 0.6) is 0 Å². The van der Waals surface area contributed by atoms with Gasteiger partial charge in [-0.2, -0.15) is 0 Å². The molecule has 4 aliphatic carbocycles. The van der Waals surface area contributed by atoms with Gasteiger partial charge < -0.3 is 18.9 Å². The van der Waals surface area contributed by atoms with Crippen molar-refractivity contribution in [1.82, 2.24) is 0 Å². The molecule has 9 aromatic carbocycles. The van der Waals surface area contributed by atoms with Crippen molar-refractivity contribution >= 4 is 0 Å². The molecule has 0 amide bonds. The molecule has 2 saturated heterocycles. The molecule has 4 nitrogen and oxygen atoms in total. The summed E-state index contributed by atoms with van der Waals surface area (Å²) in [6, 6.07) is 76.0. The van der Waals surface area contributed by atoms with Gasteiger partial charge >= 0.3 is 0 Å². The molecule has 2 fully saturated rings. The maximum atomic E-state index is 6.50. The third kappa shape index (κ3) is 21.7. The Bertz CT molecular complexity index is 5390. The number of hydrogen-bond donors (Lipinski definition) is 0. The van der Waals surface area contributed by atoms with E-state index in [0.29, 0.717) is 0 Å². The molecule has 2 heterocycles. The highest BCUT2D eigenvalue weighted by Crippen LogP contribution is 2.65. The molecule has 0 bridgehead atoms. The standard InChI is InChI=1S/C137H192O4/c1-18-32-38-51-79-132(80-52-39-33-19-2)120-89-103(63-71-112(120)116-75-67-108(93-124(116)132)130(17,24-7)25-8)105-65-73-114-118-77-69-110(95-126(118)134(122(114)91-105,83-55-42-36-22-5)84-56-43-37-23-6)136(28-11,29-12)137(30-13,31-14)111-70-78-119-115-74-66-106(92-123(115)135(127(119)96-111,85-57-44-46-59-87-138-97-128(15)99-140-100-128)86-58-45-47-60-88-139-98-129(16)101-141-102-129)104-64-72-113-117-76-68-109(131(26-9,27-10)107-61-49-48-50-62-107)94-125(117)133(121(113)90-104,81-53-40-34-20-3)82-54-41-35-21-4/h48-50,61-78,89-96H,18-47,51-60,79-88,97-102H2,1-17H3. The molecule has 0 saturated carbocycles. The van der Waals surface area contributed by atoms with E-state index in [1.807, 2.05) is 0 Å². The molecule has 141 heavy (non-hydrogen) atoms. The zero-order valence-corrected chi connectivity index (χ0v) is 92.5. The molecule has 0 spiro atoms. The molecule has 9 aromatic rings. The van der Waals surface area contributed by atoms with Crippen molar-refractivity contribution in [3.05, 3.63) is 248 Å². The fourth-order valence-corrected chi connectivity index (χ4v) is 29.3. The average molecular weight is 1900 g/mol. The van der Waals surface area contributed by atoms with Crippen LogP contribution in [0.1, 0.15) is 498 Å². The van der Waals surface area contributed by atoms with Gasteiger partial charge in [-0.3, -0.25) is 0 Å². The summed E-state index contributed by atoms with van der Waals surface area (Å²) in [6.07, 6.45) is 58.0. The van der Waals surface area contributed by atoms with Gasteiger partial charge in [0.25, 0.3) is 0 Å². The van der Waals surface area contributed by atoms with Crippen molar-refractivity contribution in [2.75, 3.05) is 52.9 Å². The van der Waals surface area contributed by atoms with Crippen LogP contribution in [-0.4, -0.2) is 52.9 Å². The summed E-state index contributed by atoms with van der Waals surface area (Å²) in [6.45, 7) is 48.2. The average Bonchev–Trinajstić information content (AvgIpc) is 1.55. The van der Waals surface area contributed by atoms with Gasteiger partial charge in [0.15, 0.2) is 0 Å². The van der Waals surface area contributed by atoms with Crippen LogP contribution in [0.3, 0.4) is 0 Å². The van der Waals surface area contributed by atoms with Gasteiger partial charge in [-0.05, 0) is 284 Å². The van der Waals surface area contributed by atoms with Gasteiger partial charge in [-0.25, -0.2) is 0 Å². The fraction of sp³-hybridized carbons (Fsp3) is 0.606. The van der Waals surface area contributed by atoms with Crippen molar-refractivity contribution in [3.63, 3.8) is 0 Å². The van der Waals surface area contributed by atoms with E-state index in [-0.39, 0.29) is 54.1 Å². The van der Waals surface area contributed by atoms with Crippen LogP contribution >= 0.6 is 0 Å². The predicted octanol–water partition coefficient (Wildman–Crippen LogP) is 39.9. The first kappa shape index (κ1) is 108. The zero-order chi connectivity index (χ0) is 99.4. The van der Waals surface area contributed by atoms with Gasteiger partial charge in [0.1, 0.15) is 0 Å².